The van der Waals surface area contributed by atoms with Crippen LogP contribution in [0.25, 0.3) is 0 Å². The van der Waals surface area contributed by atoms with E-state index in [1.165, 1.54) is 18.4 Å². The molecule has 1 fully saturated rings. The number of aromatic carboxylic acids is 1. The van der Waals surface area contributed by atoms with E-state index in [0.717, 1.165) is 45.1 Å². The molecular formula is C17H26N2O2. The van der Waals surface area contributed by atoms with Gasteiger partial charge in [-0.05, 0) is 62.5 Å². The minimum atomic E-state index is -0.861. The van der Waals surface area contributed by atoms with Gasteiger partial charge in [0.1, 0.15) is 0 Å². The summed E-state index contributed by atoms with van der Waals surface area (Å²) in [4.78, 5) is 13.4. The Morgan fingerprint density at radius 3 is 2.71 bits per heavy atom. The second-order valence-corrected chi connectivity index (χ2v) is 5.95. The topological polar surface area (TPSA) is 52.6 Å². The van der Waals surface area contributed by atoms with Crippen molar-refractivity contribution >= 4 is 5.97 Å². The van der Waals surface area contributed by atoms with E-state index in [4.69, 9.17) is 5.11 Å². The molecule has 116 valence electrons. The summed E-state index contributed by atoms with van der Waals surface area (Å²) in [6.07, 6.45) is 3.73. The third kappa shape index (κ3) is 5.14. The molecule has 1 aromatic carbocycles. The Labute approximate surface area is 127 Å². The van der Waals surface area contributed by atoms with Gasteiger partial charge in [0.15, 0.2) is 0 Å². The van der Waals surface area contributed by atoms with Crippen LogP contribution in [-0.2, 0) is 6.54 Å². The highest BCUT2D eigenvalue weighted by atomic mass is 16.4. The molecular weight excluding hydrogens is 264 g/mol. The van der Waals surface area contributed by atoms with Crippen molar-refractivity contribution in [3.63, 3.8) is 0 Å². The first kappa shape index (κ1) is 16.0. The van der Waals surface area contributed by atoms with Crippen LogP contribution in [0, 0.1) is 5.92 Å². The molecule has 21 heavy (non-hydrogen) atoms. The van der Waals surface area contributed by atoms with Crippen molar-refractivity contribution in [3.8, 4) is 0 Å². The predicted octanol–water partition coefficient (Wildman–Crippen LogP) is 2.60. The molecule has 1 unspecified atom stereocenters. The third-order valence-corrected chi connectivity index (χ3v) is 4.06. The highest BCUT2D eigenvalue weighted by Gasteiger charge is 2.16. The van der Waals surface area contributed by atoms with Crippen molar-refractivity contribution < 1.29 is 9.90 Å². The average molecular weight is 290 g/mol. The van der Waals surface area contributed by atoms with E-state index in [2.05, 4.69) is 17.1 Å². The summed E-state index contributed by atoms with van der Waals surface area (Å²) >= 11 is 0. The number of hydrogen-bond donors (Lipinski definition) is 2. The molecule has 4 nitrogen and oxygen atoms in total. The first-order valence-corrected chi connectivity index (χ1v) is 7.94. The van der Waals surface area contributed by atoms with E-state index < -0.39 is 5.97 Å². The van der Waals surface area contributed by atoms with Gasteiger partial charge in [-0.1, -0.05) is 19.1 Å². The Morgan fingerprint density at radius 2 is 2.14 bits per heavy atom. The number of carbonyl (C=O) groups is 1. The fourth-order valence-corrected chi connectivity index (χ4v) is 3.01. The monoisotopic (exact) mass is 290 g/mol. The van der Waals surface area contributed by atoms with Crippen LogP contribution in [0.4, 0.5) is 0 Å². The molecule has 0 amide bonds. The Bertz CT molecular complexity index is 439. The van der Waals surface area contributed by atoms with Crippen LogP contribution in [0.3, 0.4) is 0 Å². The lowest BCUT2D eigenvalue weighted by atomic mass is 9.98. The molecule has 4 heteroatoms. The molecule has 0 bridgehead atoms. The summed E-state index contributed by atoms with van der Waals surface area (Å²) < 4.78 is 0. The van der Waals surface area contributed by atoms with Crippen molar-refractivity contribution in [2.75, 3.05) is 26.2 Å². The number of hydrogen-bond acceptors (Lipinski definition) is 3. The highest BCUT2D eigenvalue weighted by Crippen LogP contribution is 2.15. The lowest BCUT2D eigenvalue weighted by molar-refractivity contribution is 0.0697. The van der Waals surface area contributed by atoms with Crippen LogP contribution in [0.2, 0.25) is 0 Å². The fraction of sp³-hybridized carbons (Fsp3) is 0.588. The summed E-state index contributed by atoms with van der Waals surface area (Å²) in [6, 6.07) is 7.27. The highest BCUT2D eigenvalue weighted by molar-refractivity contribution is 5.87. The van der Waals surface area contributed by atoms with E-state index in [0.29, 0.717) is 5.56 Å². The van der Waals surface area contributed by atoms with Gasteiger partial charge in [0.25, 0.3) is 0 Å². The molecule has 2 N–H and O–H groups in total. The molecule has 1 atom stereocenters. The number of rotatable bonds is 7. The van der Waals surface area contributed by atoms with Crippen molar-refractivity contribution in [3.05, 3.63) is 35.4 Å². The Morgan fingerprint density at radius 1 is 1.38 bits per heavy atom. The number of nitrogens with one attached hydrogen (secondary N) is 1. The zero-order valence-electron chi connectivity index (χ0n) is 12.8. The predicted molar refractivity (Wildman–Crippen MR) is 84.6 cm³/mol. The second-order valence-electron chi connectivity index (χ2n) is 5.95. The van der Waals surface area contributed by atoms with Gasteiger partial charge in [-0.25, -0.2) is 4.79 Å². The first-order valence-electron chi connectivity index (χ1n) is 7.94. The molecule has 2 rings (SSSR count). The van der Waals surface area contributed by atoms with E-state index in [-0.39, 0.29) is 0 Å². The second kappa shape index (κ2) is 8.15. The maximum atomic E-state index is 10.9. The maximum absolute atomic E-state index is 10.9. The van der Waals surface area contributed by atoms with E-state index in [1.807, 2.05) is 12.1 Å². The zero-order valence-corrected chi connectivity index (χ0v) is 12.8. The van der Waals surface area contributed by atoms with Crippen molar-refractivity contribution in [1.29, 1.82) is 0 Å². The minimum absolute atomic E-state index is 0.359. The van der Waals surface area contributed by atoms with Gasteiger partial charge in [0.2, 0.25) is 0 Å². The Balaban J connectivity index is 1.92. The summed E-state index contributed by atoms with van der Waals surface area (Å²) in [7, 11) is 0. The van der Waals surface area contributed by atoms with E-state index >= 15 is 0 Å². The van der Waals surface area contributed by atoms with Crippen molar-refractivity contribution in [1.82, 2.24) is 10.2 Å². The van der Waals surface area contributed by atoms with Crippen LogP contribution in [0.1, 0.15) is 42.1 Å². The maximum Gasteiger partial charge on any atom is 0.335 e. The number of carboxylic acid groups (broad SMARTS) is 1. The largest absolute Gasteiger partial charge is 0.478 e. The average Bonchev–Trinajstić information content (AvgIpc) is 2.49. The summed E-state index contributed by atoms with van der Waals surface area (Å²) in [6.45, 7) is 7.61. The molecule has 1 aliphatic heterocycles. The smallest absolute Gasteiger partial charge is 0.335 e. The van der Waals surface area contributed by atoms with Crippen LogP contribution in [0.5, 0.6) is 0 Å². The number of nitrogens with zero attached hydrogens (tertiary/aromatic N) is 1. The summed E-state index contributed by atoms with van der Waals surface area (Å²) in [5, 5.41) is 12.4. The molecule has 0 radical (unpaired) electrons. The number of benzene rings is 1. The SMILES string of the molecule is CCCN(Cc1ccc(C(=O)O)cc1)CC1CCCNC1. The first-order chi connectivity index (χ1) is 10.2. The molecule has 1 aromatic rings. The van der Waals surface area contributed by atoms with Gasteiger partial charge in [0.05, 0.1) is 5.56 Å². The molecule has 1 saturated heterocycles. The van der Waals surface area contributed by atoms with Gasteiger partial charge >= 0.3 is 5.97 Å². The van der Waals surface area contributed by atoms with E-state index in [1.54, 1.807) is 12.1 Å². The molecule has 0 aromatic heterocycles. The van der Waals surface area contributed by atoms with Crippen LogP contribution < -0.4 is 5.32 Å². The standard InChI is InChI=1S/C17H26N2O2/c1-2-10-19(13-15-4-3-9-18-11-15)12-14-5-7-16(8-6-14)17(20)21/h5-8,15,18H,2-4,9-13H2,1H3,(H,20,21). The number of carboxylic acids is 1. The quantitative estimate of drug-likeness (QED) is 0.810. The molecule has 1 aliphatic rings. The van der Waals surface area contributed by atoms with Crippen molar-refractivity contribution in [2.24, 2.45) is 5.92 Å². The van der Waals surface area contributed by atoms with Gasteiger partial charge < -0.3 is 10.4 Å². The Kier molecular flexibility index (Phi) is 6.21. The summed E-state index contributed by atoms with van der Waals surface area (Å²) in [5.41, 5.74) is 1.55. The van der Waals surface area contributed by atoms with Crippen LogP contribution in [0.15, 0.2) is 24.3 Å². The molecule has 0 spiro atoms. The molecule has 0 aliphatic carbocycles. The molecule has 1 heterocycles. The van der Waals surface area contributed by atoms with Gasteiger partial charge in [-0.15, -0.1) is 0 Å². The number of piperidine rings is 1. The lowest BCUT2D eigenvalue weighted by Gasteiger charge is -2.30. The lowest BCUT2D eigenvalue weighted by Crippen LogP contribution is -2.38. The normalized spacial score (nSPS) is 18.9. The van der Waals surface area contributed by atoms with Gasteiger partial charge in [-0.2, -0.15) is 0 Å². The Hall–Kier alpha value is -1.39. The summed E-state index contributed by atoms with van der Waals surface area (Å²) in [5.74, 6) is -0.121. The third-order valence-electron chi connectivity index (χ3n) is 4.06. The van der Waals surface area contributed by atoms with Crippen LogP contribution in [-0.4, -0.2) is 42.2 Å². The van der Waals surface area contributed by atoms with Gasteiger partial charge in [0, 0.05) is 13.1 Å². The molecule has 0 saturated carbocycles. The van der Waals surface area contributed by atoms with Gasteiger partial charge in [-0.3, -0.25) is 4.90 Å². The zero-order chi connectivity index (χ0) is 15.1. The van der Waals surface area contributed by atoms with Crippen molar-refractivity contribution in [2.45, 2.75) is 32.7 Å². The fourth-order valence-electron chi connectivity index (χ4n) is 3.01. The van der Waals surface area contributed by atoms with E-state index in [9.17, 15) is 4.79 Å². The minimum Gasteiger partial charge on any atom is -0.478 e. The van der Waals surface area contributed by atoms with Crippen LogP contribution >= 0.6 is 0 Å².